The SMILES string of the molecule is CNCCc1cc(Br)c2c(c1)CCCC2. The van der Waals surface area contributed by atoms with Gasteiger partial charge in [-0.3, -0.25) is 0 Å². The van der Waals surface area contributed by atoms with E-state index in [1.807, 2.05) is 7.05 Å². The molecular formula is C13H18BrN. The summed E-state index contributed by atoms with van der Waals surface area (Å²) in [5.41, 5.74) is 4.58. The molecule has 1 aromatic carbocycles. The molecule has 82 valence electrons. The maximum atomic E-state index is 3.70. The van der Waals surface area contributed by atoms with Crippen LogP contribution in [0.5, 0.6) is 0 Å². The second-order valence-corrected chi connectivity index (χ2v) is 5.13. The number of likely N-dealkylation sites (N-methyl/N-ethyl adjacent to an activating group) is 1. The summed E-state index contributed by atoms with van der Waals surface area (Å²) in [6.45, 7) is 1.06. The summed E-state index contributed by atoms with van der Waals surface area (Å²) in [4.78, 5) is 0. The number of aryl methyl sites for hydroxylation is 1. The maximum absolute atomic E-state index is 3.70. The van der Waals surface area contributed by atoms with E-state index in [1.165, 1.54) is 35.7 Å². The van der Waals surface area contributed by atoms with Gasteiger partial charge in [0.15, 0.2) is 0 Å². The molecule has 1 aromatic rings. The topological polar surface area (TPSA) is 12.0 Å². The lowest BCUT2D eigenvalue weighted by atomic mass is 9.90. The number of hydrogen-bond donors (Lipinski definition) is 1. The predicted molar refractivity (Wildman–Crippen MR) is 68.4 cm³/mol. The van der Waals surface area contributed by atoms with Crippen LogP contribution in [-0.2, 0) is 19.3 Å². The summed E-state index contributed by atoms with van der Waals surface area (Å²) in [7, 11) is 2.01. The molecule has 0 saturated heterocycles. The molecule has 0 fully saturated rings. The first-order valence-corrected chi connectivity index (χ1v) is 6.55. The molecule has 2 rings (SSSR count). The molecule has 0 atom stereocenters. The quantitative estimate of drug-likeness (QED) is 0.888. The minimum Gasteiger partial charge on any atom is -0.319 e. The van der Waals surface area contributed by atoms with E-state index in [4.69, 9.17) is 0 Å². The van der Waals surface area contributed by atoms with Crippen LogP contribution in [0.2, 0.25) is 0 Å². The zero-order valence-electron chi connectivity index (χ0n) is 9.28. The number of hydrogen-bond acceptors (Lipinski definition) is 1. The number of halogens is 1. The average molecular weight is 268 g/mol. The summed E-state index contributed by atoms with van der Waals surface area (Å²) in [6.07, 6.45) is 6.35. The molecule has 1 nitrogen and oxygen atoms in total. The first kappa shape index (κ1) is 11.2. The van der Waals surface area contributed by atoms with Crippen LogP contribution in [0.4, 0.5) is 0 Å². The molecule has 1 aliphatic rings. The molecule has 2 heteroatoms. The number of rotatable bonds is 3. The summed E-state index contributed by atoms with van der Waals surface area (Å²) in [5.74, 6) is 0. The van der Waals surface area contributed by atoms with E-state index in [0.29, 0.717) is 0 Å². The Morgan fingerprint density at radius 2 is 2.07 bits per heavy atom. The third-order valence-corrected chi connectivity index (χ3v) is 3.84. The molecule has 0 amide bonds. The highest BCUT2D eigenvalue weighted by atomic mass is 79.9. The molecule has 15 heavy (non-hydrogen) atoms. The molecule has 1 N–H and O–H groups in total. The molecule has 0 bridgehead atoms. The van der Waals surface area contributed by atoms with E-state index in [-0.39, 0.29) is 0 Å². The van der Waals surface area contributed by atoms with Crippen molar-refractivity contribution in [1.82, 2.24) is 5.32 Å². The van der Waals surface area contributed by atoms with E-state index >= 15 is 0 Å². The highest BCUT2D eigenvalue weighted by Crippen LogP contribution is 2.29. The Labute approximate surface area is 100 Å². The number of benzene rings is 1. The lowest BCUT2D eigenvalue weighted by Gasteiger charge is -2.18. The van der Waals surface area contributed by atoms with Crippen molar-refractivity contribution in [2.24, 2.45) is 0 Å². The van der Waals surface area contributed by atoms with Crippen molar-refractivity contribution in [3.05, 3.63) is 33.3 Å². The van der Waals surface area contributed by atoms with Crippen molar-refractivity contribution in [1.29, 1.82) is 0 Å². The van der Waals surface area contributed by atoms with Gasteiger partial charge >= 0.3 is 0 Å². The fourth-order valence-electron chi connectivity index (χ4n) is 2.29. The predicted octanol–water partition coefficient (Wildman–Crippen LogP) is 3.09. The minimum atomic E-state index is 1.06. The Balaban J connectivity index is 2.24. The normalized spacial score (nSPS) is 15.1. The van der Waals surface area contributed by atoms with E-state index < -0.39 is 0 Å². The Morgan fingerprint density at radius 1 is 1.27 bits per heavy atom. The van der Waals surface area contributed by atoms with Crippen molar-refractivity contribution in [3.8, 4) is 0 Å². The standard InChI is InChI=1S/C13H18BrN/c1-15-7-6-10-8-11-4-2-3-5-12(11)13(14)9-10/h8-9,15H,2-7H2,1H3. The largest absolute Gasteiger partial charge is 0.319 e. The van der Waals surface area contributed by atoms with E-state index in [1.54, 1.807) is 11.1 Å². The van der Waals surface area contributed by atoms with Crippen molar-refractivity contribution >= 4 is 15.9 Å². The smallest absolute Gasteiger partial charge is 0.0212 e. The summed E-state index contributed by atoms with van der Waals surface area (Å²) in [6, 6.07) is 4.69. The zero-order valence-corrected chi connectivity index (χ0v) is 10.9. The third-order valence-electron chi connectivity index (χ3n) is 3.13. The molecule has 0 heterocycles. The highest BCUT2D eigenvalue weighted by molar-refractivity contribution is 9.10. The Hall–Kier alpha value is -0.340. The van der Waals surface area contributed by atoms with Gasteiger partial charge in [0.25, 0.3) is 0 Å². The fourth-order valence-corrected chi connectivity index (χ4v) is 3.04. The first-order chi connectivity index (χ1) is 7.31. The number of fused-ring (bicyclic) bond motifs is 1. The first-order valence-electron chi connectivity index (χ1n) is 5.76. The highest BCUT2D eigenvalue weighted by Gasteiger charge is 2.13. The summed E-state index contributed by atoms with van der Waals surface area (Å²) in [5, 5.41) is 3.20. The van der Waals surface area contributed by atoms with Crippen molar-refractivity contribution in [3.63, 3.8) is 0 Å². The maximum Gasteiger partial charge on any atom is 0.0212 e. The van der Waals surface area contributed by atoms with Gasteiger partial charge in [0.2, 0.25) is 0 Å². The second-order valence-electron chi connectivity index (χ2n) is 4.28. The van der Waals surface area contributed by atoms with Gasteiger partial charge in [0.1, 0.15) is 0 Å². The third kappa shape index (κ3) is 2.61. The van der Waals surface area contributed by atoms with E-state index in [2.05, 4.69) is 33.4 Å². The van der Waals surface area contributed by atoms with Crippen LogP contribution in [0.1, 0.15) is 29.5 Å². The van der Waals surface area contributed by atoms with Gasteiger partial charge in [-0.1, -0.05) is 22.0 Å². The zero-order chi connectivity index (χ0) is 10.7. The van der Waals surface area contributed by atoms with Gasteiger partial charge in [-0.25, -0.2) is 0 Å². The van der Waals surface area contributed by atoms with Gasteiger partial charge in [-0.2, -0.15) is 0 Å². The van der Waals surface area contributed by atoms with E-state index in [0.717, 1.165) is 13.0 Å². The second kappa shape index (κ2) is 5.13. The Bertz CT molecular complexity index is 347. The van der Waals surface area contributed by atoms with Crippen molar-refractivity contribution in [2.75, 3.05) is 13.6 Å². The Morgan fingerprint density at radius 3 is 2.87 bits per heavy atom. The van der Waals surface area contributed by atoms with Crippen LogP contribution in [-0.4, -0.2) is 13.6 Å². The monoisotopic (exact) mass is 267 g/mol. The average Bonchev–Trinajstić information content (AvgIpc) is 2.26. The molecule has 0 aromatic heterocycles. The van der Waals surface area contributed by atoms with Crippen LogP contribution in [0.15, 0.2) is 16.6 Å². The lowest BCUT2D eigenvalue weighted by molar-refractivity contribution is 0.680. The molecular weight excluding hydrogens is 250 g/mol. The van der Waals surface area contributed by atoms with Gasteiger partial charge < -0.3 is 5.32 Å². The molecule has 0 unspecified atom stereocenters. The van der Waals surface area contributed by atoms with Crippen LogP contribution >= 0.6 is 15.9 Å². The molecule has 0 aliphatic heterocycles. The lowest BCUT2D eigenvalue weighted by Crippen LogP contribution is -2.11. The molecule has 0 spiro atoms. The number of nitrogens with one attached hydrogen (secondary N) is 1. The van der Waals surface area contributed by atoms with Gasteiger partial charge in [0, 0.05) is 4.47 Å². The van der Waals surface area contributed by atoms with E-state index in [9.17, 15) is 0 Å². The Kier molecular flexibility index (Phi) is 3.81. The van der Waals surface area contributed by atoms with Crippen LogP contribution in [0.25, 0.3) is 0 Å². The molecule has 0 radical (unpaired) electrons. The van der Waals surface area contributed by atoms with Gasteiger partial charge in [-0.05, 0) is 68.5 Å². The van der Waals surface area contributed by atoms with Crippen molar-refractivity contribution in [2.45, 2.75) is 32.1 Å². The minimum absolute atomic E-state index is 1.06. The van der Waals surface area contributed by atoms with Crippen LogP contribution in [0.3, 0.4) is 0 Å². The van der Waals surface area contributed by atoms with Gasteiger partial charge in [-0.15, -0.1) is 0 Å². The van der Waals surface area contributed by atoms with Crippen LogP contribution < -0.4 is 5.32 Å². The fraction of sp³-hybridized carbons (Fsp3) is 0.538. The molecule has 1 aliphatic carbocycles. The van der Waals surface area contributed by atoms with Crippen LogP contribution in [0, 0.1) is 0 Å². The van der Waals surface area contributed by atoms with Gasteiger partial charge in [0.05, 0.1) is 0 Å². The molecule has 0 saturated carbocycles. The summed E-state index contributed by atoms with van der Waals surface area (Å²) >= 11 is 3.70. The summed E-state index contributed by atoms with van der Waals surface area (Å²) < 4.78 is 1.32. The van der Waals surface area contributed by atoms with Crippen molar-refractivity contribution < 1.29 is 0 Å².